The highest BCUT2D eigenvalue weighted by Crippen LogP contribution is 2.30. The third kappa shape index (κ3) is 3.75. The number of benzene rings is 2. The molecule has 2 aromatic rings. The number of thioether (sulfide) groups is 1. The molecule has 0 spiro atoms. The van der Waals surface area contributed by atoms with E-state index in [1.54, 1.807) is 17.8 Å². The molecule has 0 bridgehead atoms. The topological polar surface area (TPSA) is 81.1 Å². The lowest BCUT2D eigenvalue weighted by Gasteiger charge is -2.07. The fourth-order valence-electron chi connectivity index (χ4n) is 1.70. The second-order valence-corrected chi connectivity index (χ2v) is 6.08. The van der Waals surface area contributed by atoms with Crippen LogP contribution in [0.2, 0.25) is 0 Å². The minimum atomic E-state index is -0.292. The Morgan fingerprint density at radius 2 is 2.05 bits per heavy atom. The van der Waals surface area contributed by atoms with Crippen molar-refractivity contribution in [2.75, 3.05) is 5.73 Å². The van der Waals surface area contributed by atoms with E-state index in [2.05, 4.69) is 21.4 Å². The van der Waals surface area contributed by atoms with Crippen LogP contribution in [0.5, 0.6) is 0 Å². The number of hydrogen-bond acceptors (Lipinski definition) is 4. The molecule has 0 aliphatic carbocycles. The highest BCUT2D eigenvalue weighted by atomic mass is 79.9. The minimum absolute atomic E-state index is 0.292. The average Bonchev–Trinajstić information content (AvgIpc) is 2.46. The van der Waals surface area contributed by atoms with Crippen molar-refractivity contribution in [1.29, 1.82) is 0 Å². The molecule has 0 atom stereocenters. The predicted molar refractivity (Wildman–Crippen MR) is 86.2 cm³/mol. The van der Waals surface area contributed by atoms with Gasteiger partial charge in [0.15, 0.2) is 0 Å². The summed E-state index contributed by atoms with van der Waals surface area (Å²) in [5, 5.41) is 0. The summed E-state index contributed by atoms with van der Waals surface area (Å²) in [7, 11) is 0. The Balaban J connectivity index is 2.09. The SMILES string of the molecule is NNC(=O)c1cccc(CSc2ccc(Br)cc2N)c1. The average molecular weight is 352 g/mol. The van der Waals surface area contributed by atoms with E-state index in [9.17, 15) is 4.79 Å². The van der Waals surface area contributed by atoms with Crippen molar-refractivity contribution in [3.05, 3.63) is 58.1 Å². The predicted octanol–water partition coefficient (Wildman–Crippen LogP) is 2.93. The maximum absolute atomic E-state index is 11.5. The first-order valence-corrected chi connectivity index (χ1v) is 7.65. The smallest absolute Gasteiger partial charge is 0.265 e. The molecule has 104 valence electrons. The first kappa shape index (κ1) is 14.9. The molecule has 1 amide bonds. The van der Waals surface area contributed by atoms with Crippen molar-refractivity contribution in [1.82, 2.24) is 5.43 Å². The number of carbonyl (C=O) groups is 1. The first-order valence-electron chi connectivity index (χ1n) is 5.88. The van der Waals surface area contributed by atoms with Crippen molar-refractivity contribution in [2.24, 2.45) is 5.84 Å². The molecule has 0 saturated heterocycles. The summed E-state index contributed by atoms with van der Waals surface area (Å²) in [5.74, 6) is 5.57. The number of hydrogen-bond donors (Lipinski definition) is 3. The quantitative estimate of drug-likeness (QED) is 0.260. The zero-order chi connectivity index (χ0) is 14.5. The van der Waals surface area contributed by atoms with E-state index in [1.807, 2.05) is 36.4 Å². The van der Waals surface area contributed by atoms with Crippen molar-refractivity contribution >= 4 is 39.3 Å². The van der Waals surface area contributed by atoms with E-state index in [-0.39, 0.29) is 5.91 Å². The third-order valence-electron chi connectivity index (χ3n) is 2.69. The van der Waals surface area contributed by atoms with Crippen LogP contribution in [0.3, 0.4) is 0 Å². The third-order valence-corrected chi connectivity index (χ3v) is 4.34. The van der Waals surface area contributed by atoms with Crippen LogP contribution in [0.25, 0.3) is 0 Å². The fraction of sp³-hybridized carbons (Fsp3) is 0.0714. The number of nitrogen functional groups attached to an aromatic ring is 2. The normalized spacial score (nSPS) is 10.3. The number of nitrogens with one attached hydrogen (secondary N) is 1. The Morgan fingerprint density at radius 3 is 2.75 bits per heavy atom. The number of amides is 1. The van der Waals surface area contributed by atoms with Crippen molar-refractivity contribution < 1.29 is 4.79 Å². The molecule has 4 nitrogen and oxygen atoms in total. The molecule has 2 rings (SSSR count). The minimum Gasteiger partial charge on any atom is -0.398 e. The van der Waals surface area contributed by atoms with Gasteiger partial charge in [-0.15, -0.1) is 11.8 Å². The number of hydrazine groups is 1. The largest absolute Gasteiger partial charge is 0.398 e. The fourth-order valence-corrected chi connectivity index (χ4v) is 2.97. The summed E-state index contributed by atoms with van der Waals surface area (Å²) >= 11 is 5.01. The lowest BCUT2D eigenvalue weighted by Crippen LogP contribution is -2.29. The summed E-state index contributed by atoms with van der Waals surface area (Å²) in [6.45, 7) is 0. The highest BCUT2D eigenvalue weighted by Gasteiger charge is 2.05. The van der Waals surface area contributed by atoms with E-state index in [0.717, 1.165) is 26.4 Å². The van der Waals surface area contributed by atoms with Crippen LogP contribution >= 0.6 is 27.7 Å². The molecule has 2 aromatic carbocycles. The molecule has 0 unspecified atom stereocenters. The van der Waals surface area contributed by atoms with Gasteiger partial charge in [0.2, 0.25) is 0 Å². The van der Waals surface area contributed by atoms with Crippen LogP contribution in [0.4, 0.5) is 5.69 Å². The van der Waals surface area contributed by atoms with Crippen molar-refractivity contribution in [3.8, 4) is 0 Å². The van der Waals surface area contributed by atoms with Crippen molar-refractivity contribution in [2.45, 2.75) is 10.6 Å². The van der Waals surface area contributed by atoms with Gasteiger partial charge in [-0.2, -0.15) is 0 Å². The van der Waals surface area contributed by atoms with E-state index in [1.165, 1.54) is 0 Å². The summed E-state index contributed by atoms with van der Waals surface area (Å²) in [6, 6.07) is 13.2. The molecule has 0 radical (unpaired) electrons. The van der Waals surface area contributed by atoms with Crippen LogP contribution < -0.4 is 17.0 Å². The van der Waals surface area contributed by atoms with Gasteiger partial charge in [0.1, 0.15) is 0 Å². The van der Waals surface area contributed by atoms with Gasteiger partial charge >= 0.3 is 0 Å². The van der Waals surface area contributed by atoms with E-state index < -0.39 is 0 Å². The monoisotopic (exact) mass is 351 g/mol. The van der Waals surface area contributed by atoms with Gasteiger partial charge in [0.25, 0.3) is 5.91 Å². The molecule has 0 fully saturated rings. The molecule has 0 heterocycles. The Kier molecular flexibility index (Phi) is 5.05. The summed E-state index contributed by atoms with van der Waals surface area (Å²) in [6.07, 6.45) is 0. The molecule has 6 heteroatoms. The van der Waals surface area contributed by atoms with Gasteiger partial charge in [0.05, 0.1) is 0 Å². The number of halogens is 1. The molecule has 0 aromatic heterocycles. The van der Waals surface area contributed by atoms with Gasteiger partial charge < -0.3 is 5.73 Å². The second-order valence-electron chi connectivity index (χ2n) is 4.14. The second kappa shape index (κ2) is 6.78. The van der Waals surface area contributed by atoms with Gasteiger partial charge in [-0.1, -0.05) is 28.1 Å². The lowest BCUT2D eigenvalue weighted by atomic mass is 10.1. The lowest BCUT2D eigenvalue weighted by molar-refractivity contribution is 0.0953. The first-order chi connectivity index (χ1) is 9.60. The zero-order valence-electron chi connectivity index (χ0n) is 10.6. The van der Waals surface area contributed by atoms with Crippen molar-refractivity contribution in [3.63, 3.8) is 0 Å². The molecule has 0 aliphatic rings. The standard InChI is InChI=1S/C14H14BrN3OS/c15-11-4-5-13(12(16)7-11)20-8-9-2-1-3-10(6-9)14(19)18-17/h1-7H,8,16-17H2,(H,18,19). The number of anilines is 1. The van der Waals surface area contributed by atoms with Gasteiger partial charge in [0, 0.05) is 26.4 Å². The number of rotatable bonds is 4. The Hall–Kier alpha value is -1.50. The van der Waals surface area contributed by atoms with E-state index in [0.29, 0.717) is 5.56 Å². The summed E-state index contributed by atoms with van der Waals surface area (Å²) in [5.41, 5.74) is 10.4. The van der Waals surface area contributed by atoms with Gasteiger partial charge in [-0.25, -0.2) is 5.84 Å². The summed E-state index contributed by atoms with van der Waals surface area (Å²) < 4.78 is 0.959. The van der Waals surface area contributed by atoms with Crippen LogP contribution in [-0.2, 0) is 5.75 Å². The molecule has 0 saturated carbocycles. The van der Waals surface area contributed by atoms with Crippen LogP contribution in [0, 0.1) is 0 Å². The molecular weight excluding hydrogens is 338 g/mol. The Bertz CT molecular complexity index is 634. The molecule has 5 N–H and O–H groups in total. The van der Waals surface area contributed by atoms with E-state index >= 15 is 0 Å². The summed E-state index contributed by atoms with van der Waals surface area (Å²) in [4.78, 5) is 12.5. The van der Waals surface area contributed by atoms with Gasteiger partial charge in [-0.05, 0) is 35.9 Å². The Labute approximate surface area is 130 Å². The molecule has 20 heavy (non-hydrogen) atoms. The number of nitrogens with two attached hydrogens (primary N) is 2. The van der Waals surface area contributed by atoms with E-state index in [4.69, 9.17) is 11.6 Å². The maximum Gasteiger partial charge on any atom is 0.265 e. The Morgan fingerprint density at radius 1 is 1.25 bits per heavy atom. The maximum atomic E-state index is 11.5. The number of carbonyl (C=O) groups excluding carboxylic acids is 1. The van der Waals surface area contributed by atoms with Gasteiger partial charge in [-0.3, -0.25) is 10.2 Å². The van der Waals surface area contributed by atoms with Crippen LogP contribution in [0.15, 0.2) is 51.8 Å². The zero-order valence-corrected chi connectivity index (χ0v) is 13.0. The van der Waals surface area contributed by atoms with Crippen LogP contribution in [0.1, 0.15) is 15.9 Å². The highest BCUT2D eigenvalue weighted by molar-refractivity contribution is 9.10. The molecule has 0 aliphatic heterocycles. The van der Waals surface area contributed by atoms with Crippen LogP contribution in [-0.4, -0.2) is 5.91 Å². The molecular formula is C14H14BrN3OS.